The highest BCUT2D eigenvalue weighted by atomic mass is 19.1. The van der Waals surface area contributed by atoms with Gasteiger partial charge in [0, 0.05) is 6.08 Å². The fourth-order valence-electron chi connectivity index (χ4n) is 0.676. The normalized spacial score (nSPS) is 12.0. The Labute approximate surface area is 80.7 Å². The Morgan fingerprint density at radius 3 is 2.14 bits per heavy atom. The van der Waals surface area contributed by atoms with Gasteiger partial charge < -0.3 is 4.74 Å². The summed E-state index contributed by atoms with van der Waals surface area (Å²) in [5.41, 5.74) is -1.83. The van der Waals surface area contributed by atoms with E-state index in [1.165, 1.54) is 0 Å². The summed E-state index contributed by atoms with van der Waals surface area (Å²) >= 11 is 0. The van der Waals surface area contributed by atoms with E-state index in [4.69, 9.17) is 0 Å². The second kappa shape index (κ2) is 6.45. The molecule has 0 heterocycles. The summed E-state index contributed by atoms with van der Waals surface area (Å²) in [6.45, 7) is -1.79. The van der Waals surface area contributed by atoms with E-state index >= 15 is 0 Å². The van der Waals surface area contributed by atoms with E-state index in [1.54, 1.807) is 6.92 Å². The first kappa shape index (κ1) is 13.0. The number of carbonyl (C=O) groups excluding carboxylic acids is 1. The lowest BCUT2D eigenvalue weighted by molar-refractivity contribution is -0.137. The fraction of sp³-hybridized carbons (Fsp3) is 0.667. The molecule has 0 aromatic rings. The molecule has 0 bridgehead atoms. The average molecular weight is 210 g/mol. The van der Waals surface area contributed by atoms with Crippen molar-refractivity contribution in [3.05, 3.63) is 12.2 Å². The monoisotopic (exact) mass is 210 g/mol. The maximum Gasteiger partial charge on any atom is 0.330 e. The topological polar surface area (TPSA) is 26.3 Å². The molecule has 0 spiro atoms. The second-order valence-corrected chi connectivity index (χ2v) is 2.85. The fourth-order valence-corrected chi connectivity index (χ4v) is 0.676. The number of hydrogen-bond acceptors (Lipinski definition) is 2. The maximum atomic E-state index is 12.3. The van der Waals surface area contributed by atoms with Gasteiger partial charge in [0.25, 0.3) is 0 Å². The van der Waals surface area contributed by atoms with Crippen LogP contribution < -0.4 is 0 Å². The van der Waals surface area contributed by atoms with Gasteiger partial charge in [0.15, 0.2) is 0 Å². The van der Waals surface area contributed by atoms with Crippen molar-refractivity contribution in [2.24, 2.45) is 5.41 Å². The number of alkyl halides is 3. The van der Waals surface area contributed by atoms with Crippen molar-refractivity contribution in [2.45, 2.75) is 6.92 Å². The van der Waals surface area contributed by atoms with E-state index in [9.17, 15) is 18.0 Å². The van der Waals surface area contributed by atoms with Gasteiger partial charge in [-0.05, 0) is 6.92 Å². The summed E-state index contributed by atoms with van der Waals surface area (Å²) in [6.07, 6.45) is 1.73. The summed E-state index contributed by atoms with van der Waals surface area (Å²) in [5, 5.41) is 0. The second-order valence-electron chi connectivity index (χ2n) is 2.85. The van der Waals surface area contributed by atoms with E-state index in [-0.39, 0.29) is 6.61 Å². The quantitative estimate of drug-likeness (QED) is 0.495. The molecule has 0 aliphatic carbocycles. The first-order valence-electron chi connectivity index (χ1n) is 4.18. The molecule has 0 aliphatic rings. The molecule has 0 fully saturated rings. The van der Waals surface area contributed by atoms with E-state index in [0.29, 0.717) is 0 Å². The van der Waals surface area contributed by atoms with Gasteiger partial charge in [0.2, 0.25) is 0 Å². The van der Waals surface area contributed by atoms with Crippen LogP contribution in [0.3, 0.4) is 0 Å². The Bertz CT molecular complexity index is 192. The lowest BCUT2D eigenvalue weighted by atomic mass is 9.93. The molecule has 0 saturated carbocycles. The largest absolute Gasteiger partial charge is 0.463 e. The van der Waals surface area contributed by atoms with Gasteiger partial charge in [-0.1, -0.05) is 6.08 Å². The van der Waals surface area contributed by atoms with Crippen molar-refractivity contribution in [1.29, 1.82) is 0 Å². The Balaban J connectivity index is 4.35. The molecule has 5 heteroatoms. The molecule has 14 heavy (non-hydrogen) atoms. The molecule has 0 aliphatic heterocycles. The van der Waals surface area contributed by atoms with E-state index in [1.807, 2.05) is 0 Å². The zero-order valence-corrected chi connectivity index (χ0v) is 7.93. The van der Waals surface area contributed by atoms with Crippen molar-refractivity contribution >= 4 is 5.97 Å². The molecule has 82 valence electrons. The number of rotatable bonds is 6. The van der Waals surface area contributed by atoms with Crippen molar-refractivity contribution in [3.8, 4) is 0 Å². The minimum atomic E-state index is -1.83. The molecule has 0 aromatic carbocycles. The van der Waals surface area contributed by atoms with Gasteiger partial charge in [0.1, 0.15) is 20.0 Å². The van der Waals surface area contributed by atoms with E-state index in [0.717, 1.165) is 12.2 Å². The Morgan fingerprint density at radius 2 is 1.79 bits per heavy atom. The molecule has 0 rings (SSSR count). The number of allylic oxidation sites excluding steroid dienone is 1. The Kier molecular flexibility index (Phi) is 5.99. The molecule has 0 unspecified atom stereocenters. The van der Waals surface area contributed by atoms with Crippen molar-refractivity contribution in [1.82, 2.24) is 0 Å². The van der Waals surface area contributed by atoms with Gasteiger partial charge in [-0.2, -0.15) is 0 Å². The number of carbonyl (C=O) groups is 1. The Hall–Kier alpha value is -1.00. The number of ether oxygens (including phenoxy) is 1. The Morgan fingerprint density at radius 1 is 1.29 bits per heavy atom. The van der Waals surface area contributed by atoms with Gasteiger partial charge >= 0.3 is 5.97 Å². The van der Waals surface area contributed by atoms with Crippen LogP contribution in [-0.2, 0) is 9.53 Å². The van der Waals surface area contributed by atoms with E-state index < -0.39 is 31.4 Å². The molecular formula is C9H13F3O2. The predicted molar refractivity (Wildman–Crippen MR) is 46.1 cm³/mol. The number of esters is 1. The molecule has 0 radical (unpaired) electrons. The van der Waals surface area contributed by atoms with Gasteiger partial charge in [0.05, 0.1) is 12.0 Å². The smallest absolute Gasteiger partial charge is 0.330 e. The third kappa shape index (κ3) is 3.81. The molecule has 2 nitrogen and oxygen atoms in total. The zero-order chi connectivity index (χ0) is 11.0. The lowest BCUT2D eigenvalue weighted by Gasteiger charge is -2.18. The minimum Gasteiger partial charge on any atom is -0.463 e. The number of halogens is 3. The van der Waals surface area contributed by atoms with Crippen molar-refractivity contribution in [3.63, 3.8) is 0 Å². The lowest BCUT2D eigenvalue weighted by Crippen LogP contribution is -2.26. The first-order chi connectivity index (χ1) is 6.64. The van der Waals surface area contributed by atoms with Crippen LogP contribution in [-0.4, -0.2) is 32.6 Å². The van der Waals surface area contributed by atoms with Crippen LogP contribution in [0.25, 0.3) is 0 Å². The predicted octanol–water partition coefficient (Wildman–Crippen LogP) is 2.00. The highest BCUT2D eigenvalue weighted by molar-refractivity contribution is 5.82. The van der Waals surface area contributed by atoms with E-state index in [2.05, 4.69) is 4.74 Å². The first-order valence-corrected chi connectivity index (χ1v) is 4.18. The summed E-state index contributed by atoms with van der Waals surface area (Å²) < 4.78 is 41.3. The van der Waals surface area contributed by atoms with Crippen LogP contribution in [0.1, 0.15) is 6.92 Å². The summed E-state index contributed by atoms with van der Waals surface area (Å²) in [4.78, 5) is 10.8. The van der Waals surface area contributed by atoms with Crippen LogP contribution >= 0.6 is 0 Å². The van der Waals surface area contributed by atoms with Crippen LogP contribution in [0.2, 0.25) is 0 Å². The van der Waals surface area contributed by atoms with Gasteiger partial charge in [-0.25, -0.2) is 18.0 Å². The molecule has 0 saturated heterocycles. The van der Waals surface area contributed by atoms with Crippen LogP contribution in [0, 0.1) is 5.41 Å². The molecule has 0 N–H and O–H groups in total. The van der Waals surface area contributed by atoms with Gasteiger partial charge in [-0.3, -0.25) is 0 Å². The SMILES string of the molecule is CCOC(=O)C=CC(CF)(CF)CF. The highest BCUT2D eigenvalue weighted by Crippen LogP contribution is 2.21. The van der Waals surface area contributed by atoms with Crippen LogP contribution in [0.15, 0.2) is 12.2 Å². The minimum absolute atomic E-state index is 0.164. The third-order valence-electron chi connectivity index (χ3n) is 1.66. The van der Waals surface area contributed by atoms with Crippen LogP contribution in [0.4, 0.5) is 13.2 Å². The molecular weight excluding hydrogens is 197 g/mol. The average Bonchev–Trinajstić information content (AvgIpc) is 2.21. The van der Waals surface area contributed by atoms with Gasteiger partial charge in [-0.15, -0.1) is 0 Å². The molecule has 0 aromatic heterocycles. The maximum absolute atomic E-state index is 12.3. The van der Waals surface area contributed by atoms with Crippen molar-refractivity contribution in [2.75, 3.05) is 26.6 Å². The van der Waals surface area contributed by atoms with Crippen molar-refractivity contribution < 1.29 is 22.7 Å². The third-order valence-corrected chi connectivity index (χ3v) is 1.66. The molecule has 0 atom stereocenters. The summed E-state index contributed by atoms with van der Waals surface area (Å²) in [6, 6.07) is 0. The van der Waals surface area contributed by atoms with Crippen LogP contribution in [0.5, 0.6) is 0 Å². The molecule has 0 amide bonds. The summed E-state index contributed by atoms with van der Waals surface area (Å²) in [7, 11) is 0. The zero-order valence-electron chi connectivity index (χ0n) is 7.93. The highest BCUT2D eigenvalue weighted by Gasteiger charge is 2.28. The number of hydrogen-bond donors (Lipinski definition) is 0. The standard InChI is InChI=1S/C9H13F3O2/c1-2-14-8(13)3-4-9(5-10,6-11)7-12/h3-4H,2,5-7H2,1H3. The summed E-state index contributed by atoms with van der Waals surface area (Å²) in [5.74, 6) is -0.729.